The second-order valence-corrected chi connectivity index (χ2v) is 3.73. The average Bonchev–Trinajstić information content (AvgIpc) is 2.97. The number of fused-ring (bicyclic) bond motifs is 1. The fourth-order valence-corrected chi connectivity index (χ4v) is 1.83. The van der Waals surface area contributed by atoms with Gasteiger partial charge in [0.2, 0.25) is 0 Å². The molecule has 0 saturated carbocycles. The number of nitrogens with one attached hydrogen (secondary N) is 1. The highest BCUT2D eigenvalue weighted by atomic mass is 19.1. The Hall–Kier alpha value is -2.36. The van der Waals surface area contributed by atoms with Crippen LogP contribution in [0.15, 0.2) is 47.4 Å². The molecule has 0 bridgehead atoms. The fraction of sp³-hybridized carbons (Fsp3) is 0. The van der Waals surface area contributed by atoms with Gasteiger partial charge in [0.1, 0.15) is 12.1 Å². The van der Waals surface area contributed by atoms with Crippen LogP contribution in [0.3, 0.4) is 0 Å². The SMILES string of the molecule is O=C(c1ccoc1)c1c[nH]c2ccc(F)cc12. The number of ketones is 1. The predicted molar refractivity (Wildman–Crippen MR) is 60.4 cm³/mol. The summed E-state index contributed by atoms with van der Waals surface area (Å²) < 4.78 is 18.0. The van der Waals surface area contributed by atoms with Gasteiger partial charge in [-0.2, -0.15) is 0 Å². The second-order valence-electron chi connectivity index (χ2n) is 3.73. The highest BCUT2D eigenvalue weighted by Crippen LogP contribution is 2.22. The Morgan fingerprint density at radius 1 is 1.29 bits per heavy atom. The van der Waals surface area contributed by atoms with Gasteiger partial charge < -0.3 is 9.40 Å². The Bertz CT molecular complexity index is 683. The van der Waals surface area contributed by atoms with Crippen molar-refractivity contribution in [3.63, 3.8) is 0 Å². The van der Waals surface area contributed by atoms with Gasteiger partial charge in [0.15, 0.2) is 5.78 Å². The van der Waals surface area contributed by atoms with Crippen LogP contribution in [0.1, 0.15) is 15.9 Å². The number of aromatic nitrogens is 1. The first-order valence-electron chi connectivity index (χ1n) is 5.09. The molecule has 0 fully saturated rings. The van der Waals surface area contributed by atoms with Gasteiger partial charge >= 0.3 is 0 Å². The zero-order valence-electron chi connectivity index (χ0n) is 8.74. The molecule has 2 aromatic heterocycles. The van der Waals surface area contributed by atoms with E-state index in [0.29, 0.717) is 16.5 Å². The lowest BCUT2D eigenvalue weighted by Gasteiger charge is -1.96. The summed E-state index contributed by atoms with van der Waals surface area (Å²) in [6.45, 7) is 0. The van der Waals surface area contributed by atoms with Gasteiger partial charge in [-0.1, -0.05) is 0 Å². The number of carbonyl (C=O) groups excluding carboxylic acids is 1. The molecule has 0 radical (unpaired) electrons. The van der Waals surface area contributed by atoms with E-state index in [1.807, 2.05) is 0 Å². The van der Waals surface area contributed by atoms with Crippen molar-refractivity contribution in [3.8, 4) is 0 Å². The van der Waals surface area contributed by atoms with Crippen molar-refractivity contribution >= 4 is 16.7 Å². The van der Waals surface area contributed by atoms with Crippen LogP contribution in [0, 0.1) is 5.82 Å². The zero-order chi connectivity index (χ0) is 11.8. The molecular weight excluding hydrogens is 221 g/mol. The van der Waals surface area contributed by atoms with Gasteiger partial charge in [0.25, 0.3) is 0 Å². The summed E-state index contributed by atoms with van der Waals surface area (Å²) in [5, 5.41) is 0.580. The third-order valence-electron chi connectivity index (χ3n) is 2.67. The van der Waals surface area contributed by atoms with Crippen LogP contribution < -0.4 is 0 Å². The Kier molecular flexibility index (Phi) is 2.08. The van der Waals surface area contributed by atoms with Gasteiger partial charge in [0, 0.05) is 22.7 Å². The number of furan rings is 1. The second kappa shape index (κ2) is 3.59. The van der Waals surface area contributed by atoms with Crippen molar-refractivity contribution in [2.45, 2.75) is 0 Å². The van der Waals surface area contributed by atoms with Gasteiger partial charge in [-0.3, -0.25) is 4.79 Å². The first kappa shape index (κ1) is 9.84. The number of carbonyl (C=O) groups is 1. The van der Waals surface area contributed by atoms with E-state index in [9.17, 15) is 9.18 Å². The van der Waals surface area contributed by atoms with E-state index < -0.39 is 0 Å². The van der Waals surface area contributed by atoms with E-state index in [4.69, 9.17) is 4.42 Å². The molecule has 0 atom stereocenters. The average molecular weight is 229 g/mol. The summed E-state index contributed by atoms with van der Waals surface area (Å²) in [6, 6.07) is 5.89. The van der Waals surface area contributed by atoms with Gasteiger partial charge in [0.05, 0.1) is 11.8 Å². The Labute approximate surface area is 95.9 Å². The standard InChI is InChI=1S/C13H8FNO2/c14-9-1-2-12-10(5-9)11(6-15-12)13(16)8-3-4-17-7-8/h1-7,15H. The van der Waals surface area contributed by atoms with Crippen LogP contribution in [0.25, 0.3) is 10.9 Å². The first-order chi connectivity index (χ1) is 8.25. The summed E-state index contributed by atoms with van der Waals surface area (Å²) >= 11 is 0. The number of aromatic amines is 1. The summed E-state index contributed by atoms with van der Waals surface area (Å²) in [6.07, 6.45) is 4.39. The predicted octanol–water partition coefficient (Wildman–Crippen LogP) is 3.13. The molecule has 0 aliphatic carbocycles. The van der Waals surface area contributed by atoms with Gasteiger partial charge in [-0.15, -0.1) is 0 Å². The van der Waals surface area contributed by atoms with Crippen LogP contribution >= 0.6 is 0 Å². The third kappa shape index (κ3) is 1.54. The lowest BCUT2D eigenvalue weighted by molar-refractivity contribution is 0.103. The lowest BCUT2D eigenvalue weighted by atomic mass is 10.1. The molecule has 1 aromatic carbocycles. The van der Waals surface area contributed by atoms with Crippen LogP contribution in [0.4, 0.5) is 4.39 Å². The molecule has 0 amide bonds. The van der Waals surface area contributed by atoms with Gasteiger partial charge in [-0.05, 0) is 24.3 Å². The van der Waals surface area contributed by atoms with Crippen molar-refractivity contribution in [3.05, 3.63) is 59.9 Å². The maximum atomic E-state index is 13.2. The molecule has 0 aliphatic rings. The summed E-state index contributed by atoms with van der Waals surface area (Å²) in [4.78, 5) is 15.0. The summed E-state index contributed by atoms with van der Waals surface area (Å²) in [7, 11) is 0. The molecule has 0 spiro atoms. The van der Waals surface area contributed by atoms with Gasteiger partial charge in [-0.25, -0.2) is 4.39 Å². The zero-order valence-corrected chi connectivity index (χ0v) is 8.74. The lowest BCUT2D eigenvalue weighted by Crippen LogP contribution is -1.98. The molecule has 3 nitrogen and oxygen atoms in total. The van der Waals surface area contributed by atoms with E-state index >= 15 is 0 Å². The highest BCUT2D eigenvalue weighted by Gasteiger charge is 2.15. The Balaban J connectivity index is 2.18. The molecule has 2 heterocycles. The van der Waals surface area contributed by atoms with E-state index in [1.165, 1.54) is 24.7 Å². The molecule has 3 rings (SSSR count). The highest BCUT2D eigenvalue weighted by molar-refractivity contribution is 6.16. The molecule has 0 saturated heterocycles. The Morgan fingerprint density at radius 2 is 2.18 bits per heavy atom. The third-order valence-corrected chi connectivity index (χ3v) is 2.67. The van der Waals surface area contributed by atoms with Crippen LogP contribution in [0.2, 0.25) is 0 Å². The van der Waals surface area contributed by atoms with Crippen molar-refractivity contribution in [2.75, 3.05) is 0 Å². The number of benzene rings is 1. The maximum Gasteiger partial charge on any atom is 0.198 e. The molecule has 4 heteroatoms. The van der Waals surface area contributed by atoms with E-state index in [-0.39, 0.29) is 11.6 Å². The Morgan fingerprint density at radius 3 is 2.94 bits per heavy atom. The minimum absolute atomic E-state index is 0.185. The van der Waals surface area contributed by atoms with E-state index in [1.54, 1.807) is 18.3 Å². The number of H-pyrrole nitrogens is 1. The molecular formula is C13H8FNO2. The molecule has 3 aromatic rings. The number of rotatable bonds is 2. The molecule has 0 unspecified atom stereocenters. The first-order valence-corrected chi connectivity index (χ1v) is 5.09. The minimum atomic E-state index is -0.363. The van der Waals surface area contributed by atoms with E-state index in [2.05, 4.69) is 4.98 Å². The van der Waals surface area contributed by atoms with Crippen LogP contribution in [-0.4, -0.2) is 10.8 Å². The molecule has 84 valence electrons. The van der Waals surface area contributed by atoms with Crippen molar-refractivity contribution in [1.82, 2.24) is 4.98 Å². The van der Waals surface area contributed by atoms with Crippen LogP contribution in [0.5, 0.6) is 0 Å². The number of hydrogen-bond donors (Lipinski definition) is 1. The quantitative estimate of drug-likeness (QED) is 0.686. The summed E-state index contributed by atoms with van der Waals surface area (Å²) in [5.41, 5.74) is 1.63. The largest absolute Gasteiger partial charge is 0.472 e. The number of halogens is 1. The summed E-state index contributed by atoms with van der Waals surface area (Å²) in [5.74, 6) is -0.547. The smallest absolute Gasteiger partial charge is 0.198 e. The minimum Gasteiger partial charge on any atom is -0.472 e. The molecule has 0 aliphatic heterocycles. The topological polar surface area (TPSA) is 46.0 Å². The van der Waals surface area contributed by atoms with Crippen molar-refractivity contribution in [1.29, 1.82) is 0 Å². The number of hydrogen-bond acceptors (Lipinski definition) is 2. The fourth-order valence-electron chi connectivity index (χ4n) is 1.83. The van der Waals surface area contributed by atoms with Crippen molar-refractivity contribution in [2.24, 2.45) is 0 Å². The van der Waals surface area contributed by atoms with E-state index in [0.717, 1.165) is 5.52 Å². The maximum absolute atomic E-state index is 13.2. The van der Waals surface area contributed by atoms with Crippen molar-refractivity contribution < 1.29 is 13.6 Å². The monoisotopic (exact) mass is 229 g/mol. The molecule has 17 heavy (non-hydrogen) atoms. The van der Waals surface area contributed by atoms with Crippen LogP contribution in [-0.2, 0) is 0 Å². The molecule has 1 N–H and O–H groups in total. The normalized spacial score (nSPS) is 10.9.